The number of aromatic hydroxyl groups is 1. The SMILES string of the molecule is Cc1ccc(CCCC(=O)CN(C)CC2=C(C(=O)O)N3C(=O)[C@H]([C@@H](C)O)[C@H]3[C@H]2C)cc1O. The predicted octanol–water partition coefficient (Wildman–Crippen LogP) is 1.72. The Hall–Kier alpha value is -2.71. The highest BCUT2D eigenvalue weighted by molar-refractivity contribution is 6.00. The zero-order valence-electron chi connectivity index (χ0n) is 19.0. The predicted molar refractivity (Wildman–Crippen MR) is 118 cm³/mol. The lowest BCUT2D eigenvalue weighted by Crippen LogP contribution is -2.63. The van der Waals surface area contributed by atoms with Gasteiger partial charge in [-0.3, -0.25) is 14.5 Å². The minimum atomic E-state index is -1.16. The zero-order valence-corrected chi connectivity index (χ0v) is 19.0. The number of carboxylic acids is 1. The van der Waals surface area contributed by atoms with Gasteiger partial charge in [0.2, 0.25) is 5.91 Å². The molecule has 0 spiro atoms. The molecule has 3 N–H and O–H groups in total. The maximum absolute atomic E-state index is 12.4. The number of aryl methyl sites for hydroxylation is 2. The number of carbonyl (C=O) groups is 3. The quantitative estimate of drug-likeness (QED) is 0.470. The van der Waals surface area contributed by atoms with Crippen molar-refractivity contribution in [3.63, 3.8) is 0 Å². The van der Waals surface area contributed by atoms with Gasteiger partial charge in [-0.05, 0) is 56.5 Å². The van der Waals surface area contributed by atoms with E-state index in [1.54, 1.807) is 24.9 Å². The Morgan fingerprint density at radius 2 is 1.97 bits per heavy atom. The van der Waals surface area contributed by atoms with Crippen LogP contribution in [0.4, 0.5) is 0 Å². The molecule has 1 amide bonds. The van der Waals surface area contributed by atoms with Crippen LogP contribution in [-0.4, -0.2) is 75.1 Å². The molecule has 1 aromatic carbocycles. The van der Waals surface area contributed by atoms with Crippen LogP contribution in [-0.2, 0) is 20.8 Å². The third-order valence-corrected chi connectivity index (χ3v) is 6.60. The molecular weight excluding hydrogens is 412 g/mol. The lowest BCUT2D eigenvalue weighted by atomic mass is 9.77. The molecule has 8 nitrogen and oxygen atoms in total. The number of benzene rings is 1. The van der Waals surface area contributed by atoms with Gasteiger partial charge in [-0.1, -0.05) is 19.1 Å². The number of aliphatic hydroxyl groups excluding tert-OH is 1. The number of fused-ring (bicyclic) bond motifs is 1. The number of phenols is 1. The van der Waals surface area contributed by atoms with E-state index in [9.17, 15) is 29.7 Å². The largest absolute Gasteiger partial charge is 0.508 e. The molecule has 0 bridgehead atoms. The first-order valence-corrected chi connectivity index (χ1v) is 11.0. The molecule has 1 aromatic rings. The van der Waals surface area contributed by atoms with Crippen LogP contribution in [0, 0.1) is 18.8 Å². The highest BCUT2D eigenvalue weighted by atomic mass is 16.4. The highest BCUT2D eigenvalue weighted by Crippen LogP contribution is 2.47. The molecule has 0 saturated carbocycles. The van der Waals surface area contributed by atoms with Gasteiger partial charge in [0.15, 0.2) is 0 Å². The number of β-lactam (4-membered cyclic amide) rings is 1. The molecular formula is C24H32N2O6. The molecule has 32 heavy (non-hydrogen) atoms. The van der Waals surface area contributed by atoms with E-state index in [2.05, 4.69) is 0 Å². The summed E-state index contributed by atoms with van der Waals surface area (Å²) in [4.78, 5) is 39.8. The summed E-state index contributed by atoms with van der Waals surface area (Å²) in [5.41, 5.74) is 2.40. The Kier molecular flexibility index (Phi) is 7.05. The average molecular weight is 445 g/mol. The van der Waals surface area contributed by atoms with Crippen molar-refractivity contribution in [2.75, 3.05) is 20.1 Å². The fourth-order valence-electron chi connectivity index (χ4n) is 4.88. The van der Waals surface area contributed by atoms with Crippen molar-refractivity contribution in [3.05, 3.63) is 40.6 Å². The van der Waals surface area contributed by atoms with E-state index in [0.717, 1.165) is 11.1 Å². The molecule has 174 valence electrons. The molecule has 2 aliphatic heterocycles. The fraction of sp³-hybridized carbons (Fsp3) is 0.542. The lowest BCUT2D eigenvalue weighted by molar-refractivity contribution is -0.163. The van der Waals surface area contributed by atoms with Crippen LogP contribution in [0.1, 0.15) is 37.8 Å². The lowest BCUT2D eigenvalue weighted by Gasteiger charge is -2.46. The van der Waals surface area contributed by atoms with Crippen molar-refractivity contribution >= 4 is 17.7 Å². The summed E-state index contributed by atoms with van der Waals surface area (Å²) < 4.78 is 0. The van der Waals surface area contributed by atoms with Gasteiger partial charge in [-0.15, -0.1) is 0 Å². The van der Waals surface area contributed by atoms with Crippen LogP contribution in [0.25, 0.3) is 0 Å². The van der Waals surface area contributed by atoms with Crippen molar-refractivity contribution in [2.45, 2.75) is 52.2 Å². The zero-order chi connectivity index (χ0) is 23.7. The molecule has 1 fully saturated rings. The second-order valence-electron chi connectivity index (χ2n) is 9.12. The van der Waals surface area contributed by atoms with E-state index in [1.807, 2.05) is 26.0 Å². The van der Waals surface area contributed by atoms with Crippen LogP contribution in [0.3, 0.4) is 0 Å². The molecule has 2 aliphatic rings. The average Bonchev–Trinajstić information content (AvgIpc) is 2.93. The molecule has 0 radical (unpaired) electrons. The van der Waals surface area contributed by atoms with Crippen LogP contribution < -0.4 is 0 Å². The van der Waals surface area contributed by atoms with E-state index >= 15 is 0 Å². The maximum atomic E-state index is 12.4. The molecule has 2 heterocycles. The number of likely N-dealkylation sites (N-methyl/N-ethyl adjacent to an activating group) is 1. The van der Waals surface area contributed by atoms with Crippen molar-refractivity contribution in [1.29, 1.82) is 0 Å². The van der Waals surface area contributed by atoms with E-state index < -0.39 is 18.0 Å². The normalized spacial score (nSPS) is 23.4. The first-order chi connectivity index (χ1) is 15.0. The minimum Gasteiger partial charge on any atom is -0.508 e. The molecule has 0 aliphatic carbocycles. The van der Waals surface area contributed by atoms with Gasteiger partial charge in [0.05, 0.1) is 24.6 Å². The van der Waals surface area contributed by atoms with Crippen molar-refractivity contribution in [1.82, 2.24) is 9.80 Å². The number of hydrogen-bond donors (Lipinski definition) is 3. The number of nitrogens with zero attached hydrogens (tertiary/aromatic N) is 2. The number of aliphatic carboxylic acids is 1. The van der Waals surface area contributed by atoms with E-state index in [4.69, 9.17) is 0 Å². The molecule has 8 heteroatoms. The number of rotatable bonds is 10. The van der Waals surface area contributed by atoms with Crippen LogP contribution in [0.5, 0.6) is 5.75 Å². The van der Waals surface area contributed by atoms with Crippen molar-refractivity contribution < 1.29 is 29.7 Å². The van der Waals surface area contributed by atoms with Gasteiger partial charge in [-0.2, -0.15) is 0 Å². The van der Waals surface area contributed by atoms with Gasteiger partial charge < -0.3 is 20.2 Å². The molecule has 3 rings (SSSR count). The summed E-state index contributed by atoms with van der Waals surface area (Å²) in [6.07, 6.45) is 0.898. The van der Waals surface area contributed by atoms with Crippen LogP contribution in [0.15, 0.2) is 29.5 Å². The smallest absolute Gasteiger partial charge is 0.352 e. The number of hydrogen-bond acceptors (Lipinski definition) is 6. The van der Waals surface area contributed by atoms with E-state index in [1.165, 1.54) is 4.90 Å². The first kappa shape index (κ1) is 23.9. The van der Waals surface area contributed by atoms with E-state index in [0.29, 0.717) is 24.8 Å². The van der Waals surface area contributed by atoms with Gasteiger partial charge in [0, 0.05) is 18.9 Å². The minimum absolute atomic E-state index is 0.0112. The van der Waals surface area contributed by atoms with E-state index in [-0.39, 0.29) is 48.2 Å². The van der Waals surface area contributed by atoms with Crippen molar-refractivity contribution in [2.24, 2.45) is 11.8 Å². The number of carbonyl (C=O) groups excluding carboxylic acids is 2. The Labute approximate surface area is 188 Å². The summed E-state index contributed by atoms with van der Waals surface area (Å²) >= 11 is 0. The summed E-state index contributed by atoms with van der Waals surface area (Å²) in [5.74, 6) is -2.01. The summed E-state index contributed by atoms with van der Waals surface area (Å²) in [6, 6.07) is 5.17. The van der Waals surface area contributed by atoms with Crippen LogP contribution >= 0.6 is 0 Å². The summed E-state index contributed by atoms with van der Waals surface area (Å²) in [7, 11) is 1.76. The molecule has 0 aromatic heterocycles. The van der Waals surface area contributed by atoms with Gasteiger partial charge in [0.25, 0.3) is 0 Å². The second-order valence-corrected chi connectivity index (χ2v) is 9.12. The Morgan fingerprint density at radius 1 is 1.28 bits per heavy atom. The number of aliphatic hydroxyl groups is 1. The third-order valence-electron chi connectivity index (χ3n) is 6.60. The summed E-state index contributed by atoms with van der Waals surface area (Å²) in [6.45, 7) is 5.71. The van der Waals surface area contributed by atoms with Gasteiger partial charge in [0.1, 0.15) is 17.2 Å². The maximum Gasteiger partial charge on any atom is 0.352 e. The number of amides is 1. The number of Topliss-reactive ketones (excluding diaryl/α,β-unsaturated/α-hetero) is 1. The fourth-order valence-corrected chi connectivity index (χ4v) is 4.88. The van der Waals surface area contributed by atoms with Crippen molar-refractivity contribution in [3.8, 4) is 5.75 Å². The number of carboxylic acid groups (broad SMARTS) is 1. The van der Waals surface area contributed by atoms with Crippen LogP contribution in [0.2, 0.25) is 0 Å². The molecule has 1 saturated heterocycles. The first-order valence-electron chi connectivity index (χ1n) is 11.0. The highest BCUT2D eigenvalue weighted by Gasteiger charge is 2.59. The Balaban J connectivity index is 1.57. The summed E-state index contributed by atoms with van der Waals surface area (Å²) in [5, 5.41) is 29.4. The number of ketones is 1. The second kappa shape index (κ2) is 9.42. The Morgan fingerprint density at radius 3 is 2.56 bits per heavy atom. The Bertz CT molecular complexity index is 954. The molecule has 0 unspecified atom stereocenters. The number of phenolic OH excluding ortho intramolecular Hbond substituents is 1. The van der Waals surface area contributed by atoms with Gasteiger partial charge >= 0.3 is 5.97 Å². The monoisotopic (exact) mass is 444 g/mol. The standard InChI is InChI=1S/C24H32N2O6/c1-13-8-9-16(10-19(13)29)6-5-7-17(28)11-25(4)12-18-14(2)21-20(15(3)27)23(30)26(21)22(18)24(31)32/h8-10,14-15,20-21,27,29H,5-7,11-12H2,1-4H3,(H,31,32)/t14-,15+,20+,21+/m0/s1. The topological polar surface area (TPSA) is 118 Å². The third kappa shape index (κ3) is 4.56. The molecule has 4 atom stereocenters. The van der Waals surface area contributed by atoms with Gasteiger partial charge in [-0.25, -0.2) is 4.79 Å².